The summed E-state index contributed by atoms with van der Waals surface area (Å²) in [4.78, 5) is 5.15. The van der Waals surface area contributed by atoms with Gasteiger partial charge in [0.05, 0.1) is 7.11 Å². The van der Waals surface area contributed by atoms with E-state index in [1.54, 1.807) is 18.2 Å². The molecule has 0 saturated heterocycles. The molecule has 0 spiro atoms. The second kappa shape index (κ2) is 10.1. The van der Waals surface area contributed by atoms with Crippen LogP contribution in [0.25, 0.3) is 10.8 Å². The van der Waals surface area contributed by atoms with Crippen molar-refractivity contribution < 1.29 is 4.74 Å². The molecule has 0 fully saturated rings. The molecular weight excluding hydrogens is 392 g/mol. The van der Waals surface area contributed by atoms with Crippen LogP contribution in [0.3, 0.4) is 0 Å². The average molecular weight is 431 g/mol. The molecule has 1 heterocycles. The zero-order chi connectivity index (χ0) is 22.7. The van der Waals surface area contributed by atoms with Crippen molar-refractivity contribution in [2.45, 2.75) is 46.1 Å². The van der Waals surface area contributed by atoms with Gasteiger partial charge in [0.25, 0.3) is 0 Å². The monoisotopic (exact) mass is 430 g/mol. The van der Waals surface area contributed by atoms with Gasteiger partial charge in [-0.3, -0.25) is 4.90 Å². The van der Waals surface area contributed by atoms with E-state index in [0.29, 0.717) is 6.04 Å². The lowest BCUT2D eigenvalue weighted by Gasteiger charge is -2.27. The predicted octanol–water partition coefficient (Wildman–Crippen LogP) is 5.95. The molecule has 1 unspecified atom stereocenters. The van der Waals surface area contributed by atoms with Gasteiger partial charge in [0.2, 0.25) is 0 Å². The lowest BCUT2D eigenvalue weighted by Crippen LogP contribution is -2.31. The molecule has 0 saturated carbocycles. The quantitative estimate of drug-likeness (QED) is 0.461. The van der Waals surface area contributed by atoms with E-state index in [4.69, 9.17) is 4.74 Å². The standard InChI is InChI=1S/C29H38N2O/c1-21-17-27-11-15-31(16-12-28(27)18-22(21)2)14-6-13-30(4)23(3)24-7-8-26-20-29(32-5)10-9-25(26)19-24/h7-10,17-20,23H,6,11-16H2,1-5H3. The predicted molar refractivity (Wildman–Crippen MR) is 136 cm³/mol. The van der Waals surface area contributed by atoms with Crippen LogP contribution in [0.1, 0.15) is 47.2 Å². The van der Waals surface area contributed by atoms with Gasteiger partial charge >= 0.3 is 0 Å². The summed E-state index contributed by atoms with van der Waals surface area (Å²) < 4.78 is 5.36. The third-order valence-corrected chi connectivity index (χ3v) is 7.41. The SMILES string of the molecule is COc1ccc2cc(C(C)N(C)CCCN3CCc4cc(C)c(C)cc4CC3)ccc2c1. The van der Waals surface area contributed by atoms with E-state index in [2.05, 4.69) is 80.1 Å². The summed E-state index contributed by atoms with van der Waals surface area (Å²) in [6, 6.07) is 18.4. The number of hydrogen-bond acceptors (Lipinski definition) is 3. The molecule has 4 rings (SSSR count). The number of ether oxygens (including phenoxy) is 1. The fourth-order valence-corrected chi connectivity index (χ4v) is 4.91. The Labute approximate surface area is 194 Å². The van der Waals surface area contributed by atoms with Crippen molar-refractivity contribution in [3.05, 3.63) is 76.3 Å². The molecule has 1 aliphatic rings. The van der Waals surface area contributed by atoms with Crippen LogP contribution in [0.5, 0.6) is 5.75 Å². The summed E-state index contributed by atoms with van der Waals surface area (Å²) in [7, 11) is 3.98. The first-order valence-electron chi connectivity index (χ1n) is 12.0. The molecule has 3 nitrogen and oxygen atoms in total. The third-order valence-electron chi connectivity index (χ3n) is 7.41. The summed E-state index contributed by atoms with van der Waals surface area (Å²) in [5.74, 6) is 0.914. The van der Waals surface area contributed by atoms with Crippen LogP contribution in [0.2, 0.25) is 0 Å². The van der Waals surface area contributed by atoms with Gasteiger partial charge in [-0.1, -0.05) is 30.3 Å². The first-order chi connectivity index (χ1) is 15.4. The first kappa shape index (κ1) is 22.8. The molecule has 0 amide bonds. The Morgan fingerprint density at radius 1 is 0.906 bits per heavy atom. The van der Waals surface area contributed by atoms with E-state index in [0.717, 1.165) is 12.3 Å². The Morgan fingerprint density at radius 3 is 2.19 bits per heavy atom. The van der Waals surface area contributed by atoms with Crippen molar-refractivity contribution in [3.8, 4) is 5.75 Å². The van der Waals surface area contributed by atoms with Crippen molar-refractivity contribution in [2.24, 2.45) is 0 Å². The lowest BCUT2D eigenvalue weighted by atomic mass is 9.97. The van der Waals surface area contributed by atoms with Crippen molar-refractivity contribution in [2.75, 3.05) is 40.3 Å². The van der Waals surface area contributed by atoms with Crippen molar-refractivity contribution in [1.82, 2.24) is 9.80 Å². The van der Waals surface area contributed by atoms with Gasteiger partial charge in [0.15, 0.2) is 0 Å². The van der Waals surface area contributed by atoms with Crippen LogP contribution in [0, 0.1) is 13.8 Å². The van der Waals surface area contributed by atoms with Crippen molar-refractivity contribution in [3.63, 3.8) is 0 Å². The molecule has 3 heteroatoms. The van der Waals surface area contributed by atoms with E-state index in [1.165, 1.54) is 66.4 Å². The van der Waals surface area contributed by atoms with Gasteiger partial charge in [-0.25, -0.2) is 0 Å². The molecule has 3 aromatic carbocycles. The van der Waals surface area contributed by atoms with E-state index in [9.17, 15) is 0 Å². The van der Waals surface area contributed by atoms with Gasteiger partial charge < -0.3 is 9.64 Å². The number of nitrogens with zero attached hydrogens (tertiary/aromatic N) is 2. The number of fused-ring (bicyclic) bond motifs is 2. The number of methoxy groups -OCH3 is 1. The molecule has 0 N–H and O–H groups in total. The second-order valence-corrected chi connectivity index (χ2v) is 9.53. The summed E-state index contributed by atoms with van der Waals surface area (Å²) in [5, 5.41) is 2.51. The fraction of sp³-hybridized carbons (Fsp3) is 0.448. The fourth-order valence-electron chi connectivity index (χ4n) is 4.91. The highest BCUT2D eigenvalue weighted by Crippen LogP contribution is 2.26. The van der Waals surface area contributed by atoms with Crippen LogP contribution in [0.15, 0.2) is 48.5 Å². The summed E-state index contributed by atoms with van der Waals surface area (Å²) in [5.41, 5.74) is 7.37. The molecule has 1 atom stereocenters. The van der Waals surface area contributed by atoms with E-state index >= 15 is 0 Å². The lowest BCUT2D eigenvalue weighted by molar-refractivity contribution is 0.224. The normalized spacial score (nSPS) is 15.6. The minimum atomic E-state index is 0.404. The maximum atomic E-state index is 5.36. The Kier molecular flexibility index (Phi) is 7.17. The van der Waals surface area contributed by atoms with Crippen LogP contribution in [0.4, 0.5) is 0 Å². The third kappa shape index (κ3) is 5.16. The van der Waals surface area contributed by atoms with Crippen molar-refractivity contribution in [1.29, 1.82) is 0 Å². The Morgan fingerprint density at radius 2 is 1.53 bits per heavy atom. The highest BCUT2D eigenvalue weighted by molar-refractivity contribution is 5.84. The average Bonchev–Trinajstić information content (AvgIpc) is 3.00. The van der Waals surface area contributed by atoms with E-state index < -0.39 is 0 Å². The minimum absolute atomic E-state index is 0.404. The molecule has 0 bridgehead atoms. The summed E-state index contributed by atoms with van der Waals surface area (Å²) in [6.45, 7) is 11.5. The summed E-state index contributed by atoms with van der Waals surface area (Å²) >= 11 is 0. The van der Waals surface area contributed by atoms with Gasteiger partial charge in [0.1, 0.15) is 5.75 Å². The molecule has 0 aromatic heterocycles. The van der Waals surface area contributed by atoms with Crippen LogP contribution in [-0.4, -0.2) is 50.1 Å². The van der Waals surface area contributed by atoms with Crippen molar-refractivity contribution >= 4 is 10.8 Å². The maximum Gasteiger partial charge on any atom is 0.119 e. The first-order valence-corrected chi connectivity index (χ1v) is 12.0. The number of rotatable bonds is 7. The Bertz CT molecular complexity index is 1040. The smallest absolute Gasteiger partial charge is 0.119 e. The van der Waals surface area contributed by atoms with Crippen LogP contribution < -0.4 is 4.74 Å². The van der Waals surface area contributed by atoms with Gasteiger partial charge in [-0.05, 0) is 117 Å². The number of hydrogen-bond donors (Lipinski definition) is 0. The zero-order valence-corrected chi connectivity index (χ0v) is 20.4. The zero-order valence-electron chi connectivity index (χ0n) is 20.4. The maximum absolute atomic E-state index is 5.36. The van der Waals surface area contributed by atoms with Crippen LogP contribution in [-0.2, 0) is 12.8 Å². The molecule has 3 aromatic rings. The molecule has 1 aliphatic heterocycles. The number of aryl methyl sites for hydroxylation is 2. The largest absolute Gasteiger partial charge is 0.497 e. The molecule has 32 heavy (non-hydrogen) atoms. The minimum Gasteiger partial charge on any atom is -0.497 e. The van der Waals surface area contributed by atoms with Gasteiger partial charge in [0, 0.05) is 19.1 Å². The van der Waals surface area contributed by atoms with Gasteiger partial charge in [-0.2, -0.15) is 0 Å². The molecular formula is C29H38N2O. The molecule has 0 aliphatic carbocycles. The van der Waals surface area contributed by atoms with Crippen LogP contribution >= 0.6 is 0 Å². The highest BCUT2D eigenvalue weighted by atomic mass is 16.5. The molecule has 170 valence electrons. The van der Waals surface area contributed by atoms with E-state index in [1.807, 2.05) is 6.07 Å². The number of benzene rings is 3. The Hall–Kier alpha value is -2.36. The van der Waals surface area contributed by atoms with E-state index in [-0.39, 0.29) is 0 Å². The second-order valence-electron chi connectivity index (χ2n) is 9.53. The highest BCUT2D eigenvalue weighted by Gasteiger charge is 2.16. The topological polar surface area (TPSA) is 15.7 Å². The van der Waals surface area contributed by atoms with Gasteiger partial charge in [-0.15, -0.1) is 0 Å². The molecule has 0 radical (unpaired) electrons. The Balaban J connectivity index is 1.30. The summed E-state index contributed by atoms with van der Waals surface area (Å²) in [6.07, 6.45) is 3.58.